The molecule has 0 saturated heterocycles. The van der Waals surface area contributed by atoms with Crippen LogP contribution in [0.5, 0.6) is 0 Å². The minimum Gasteiger partial charge on any atom is -0.481 e. The molecular weight excluding hydrogens is 320 g/mol. The molecule has 0 radical (unpaired) electrons. The van der Waals surface area contributed by atoms with Crippen LogP contribution < -0.4 is 0 Å². The quantitative estimate of drug-likeness (QED) is 0.748. The lowest BCUT2D eigenvalue weighted by atomic mass is 9.96. The minimum atomic E-state index is -0.819. The first-order valence-corrected chi connectivity index (χ1v) is 8.84. The van der Waals surface area contributed by atoms with Gasteiger partial charge in [0.2, 0.25) is 0 Å². The summed E-state index contributed by atoms with van der Waals surface area (Å²) in [4.78, 5) is 21.4. The van der Waals surface area contributed by atoms with Gasteiger partial charge in [-0.1, -0.05) is 24.3 Å². The van der Waals surface area contributed by atoms with Crippen LogP contribution in [-0.2, 0) is 19.1 Å². The molecule has 0 amide bonds. The van der Waals surface area contributed by atoms with Crippen LogP contribution in [0.3, 0.4) is 0 Å². The third-order valence-electron chi connectivity index (χ3n) is 3.39. The van der Waals surface area contributed by atoms with Gasteiger partial charge in [0.15, 0.2) is 0 Å². The molecule has 0 aliphatic rings. The maximum atomic E-state index is 10.7. The zero-order chi connectivity index (χ0) is 17.0. The van der Waals surface area contributed by atoms with Crippen molar-refractivity contribution in [1.82, 2.24) is 0 Å². The molecule has 22 heavy (non-hydrogen) atoms. The number of carbonyl (C=O) groups is 2. The Hall–Kier alpha value is -1.14. The SMILES string of the molecule is CC(C)(SCC(=O)O)c1ccc(C(C)(C)SCC(=O)O)cc1. The van der Waals surface area contributed by atoms with E-state index >= 15 is 0 Å². The molecule has 4 nitrogen and oxygen atoms in total. The molecule has 1 rings (SSSR count). The smallest absolute Gasteiger partial charge is 0.313 e. The molecule has 0 unspecified atom stereocenters. The molecule has 6 heteroatoms. The fraction of sp³-hybridized carbons (Fsp3) is 0.500. The monoisotopic (exact) mass is 342 g/mol. The summed E-state index contributed by atoms with van der Waals surface area (Å²) >= 11 is 2.77. The Balaban J connectivity index is 2.85. The standard InChI is InChI=1S/C16H22O4S2/c1-15(2,21-9-13(17)18)11-5-7-12(8-6-11)16(3,4)22-10-14(19)20/h5-8H,9-10H2,1-4H3,(H,17,18)(H,19,20). The summed E-state index contributed by atoms with van der Waals surface area (Å²) in [5.41, 5.74) is 2.11. The van der Waals surface area contributed by atoms with Gasteiger partial charge in [-0.25, -0.2) is 0 Å². The number of benzene rings is 1. The van der Waals surface area contributed by atoms with Crippen LogP contribution in [0.4, 0.5) is 0 Å². The first-order chi connectivity index (χ1) is 10.0. The summed E-state index contributed by atoms with van der Waals surface area (Å²) in [5, 5.41) is 17.6. The molecular formula is C16H22O4S2. The Labute approximate surface area is 139 Å². The summed E-state index contributed by atoms with van der Waals surface area (Å²) in [7, 11) is 0. The number of carboxylic acids is 2. The lowest BCUT2D eigenvalue weighted by Crippen LogP contribution is -2.18. The Bertz CT molecular complexity index is 487. The molecule has 0 aliphatic heterocycles. The lowest BCUT2D eigenvalue weighted by molar-refractivity contribution is -0.135. The van der Waals surface area contributed by atoms with Crippen molar-refractivity contribution in [3.63, 3.8) is 0 Å². The van der Waals surface area contributed by atoms with Gasteiger partial charge in [0.1, 0.15) is 0 Å². The molecule has 0 fully saturated rings. The summed E-state index contributed by atoms with van der Waals surface area (Å²) < 4.78 is -0.565. The van der Waals surface area contributed by atoms with E-state index in [0.717, 1.165) is 11.1 Å². The Morgan fingerprint density at radius 1 is 0.818 bits per heavy atom. The number of carboxylic acid groups (broad SMARTS) is 2. The van der Waals surface area contributed by atoms with Crippen molar-refractivity contribution in [3.8, 4) is 0 Å². The minimum absolute atomic E-state index is 0.0642. The average molecular weight is 342 g/mol. The van der Waals surface area contributed by atoms with E-state index in [1.54, 1.807) is 0 Å². The van der Waals surface area contributed by atoms with Crippen molar-refractivity contribution < 1.29 is 19.8 Å². The third kappa shape index (κ3) is 5.57. The van der Waals surface area contributed by atoms with Crippen molar-refractivity contribution in [3.05, 3.63) is 35.4 Å². The summed E-state index contributed by atoms with van der Waals surface area (Å²) in [6.45, 7) is 8.00. The molecule has 0 spiro atoms. The van der Waals surface area contributed by atoms with Gasteiger partial charge in [0.05, 0.1) is 11.5 Å². The molecule has 1 aromatic rings. The zero-order valence-corrected chi connectivity index (χ0v) is 14.9. The summed E-state index contributed by atoms with van der Waals surface area (Å²) in [5.74, 6) is -1.51. The van der Waals surface area contributed by atoms with E-state index in [4.69, 9.17) is 10.2 Å². The number of hydrogen-bond donors (Lipinski definition) is 2. The maximum Gasteiger partial charge on any atom is 0.313 e. The molecule has 1 aromatic carbocycles. The van der Waals surface area contributed by atoms with Crippen molar-refractivity contribution in [1.29, 1.82) is 0 Å². The van der Waals surface area contributed by atoms with Gasteiger partial charge in [-0.3, -0.25) is 9.59 Å². The van der Waals surface area contributed by atoms with Crippen LogP contribution in [0.15, 0.2) is 24.3 Å². The molecule has 0 aromatic heterocycles. The molecule has 0 heterocycles. The Kier molecular flexibility index (Phi) is 6.38. The lowest BCUT2D eigenvalue weighted by Gasteiger charge is -2.27. The van der Waals surface area contributed by atoms with Crippen LogP contribution in [-0.4, -0.2) is 33.7 Å². The van der Waals surface area contributed by atoms with Crippen molar-refractivity contribution in [2.45, 2.75) is 37.2 Å². The van der Waals surface area contributed by atoms with E-state index in [-0.39, 0.29) is 21.0 Å². The van der Waals surface area contributed by atoms with Crippen LogP contribution in [0.1, 0.15) is 38.8 Å². The van der Waals surface area contributed by atoms with E-state index in [0.29, 0.717) is 0 Å². The first-order valence-electron chi connectivity index (χ1n) is 6.87. The van der Waals surface area contributed by atoms with Crippen molar-refractivity contribution in [2.24, 2.45) is 0 Å². The fourth-order valence-electron chi connectivity index (χ4n) is 1.92. The van der Waals surface area contributed by atoms with Crippen molar-refractivity contribution >= 4 is 35.5 Å². The van der Waals surface area contributed by atoms with E-state index in [1.807, 2.05) is 52.0 Å². The van der Waals surface area contributed by atoms with Gasteiger partial charge in [-0.15, -0.1) is 23.5 Å². The van der Waals surface area contributed by atoms with Gasteiger partial charge >= 0.3 is 11.9 Å². The van der Waals surface area contributed by atoms with Gasteiger partial charge < -0.3 is 10.2 Å². The first kappa shape index (κ1) is 18.9. The van der Waals surface area contributed by atoms with Gasteiger partial charge in [0, 0.05) is 9.49 Å². The molecule has 0 atom stereocenters. The molecule has 0 saturated carbocycles. The van der Waals surface area contributed by atoms with Crippen LogP contribution >= 0.6 is 23.5 Å². The second-order valence-electron chi connectivity index (χ2n) is 5.96. The second-order valence-corrected chi connectivity index (χ2v) is 9.16. The second kappa shape index (κ2) is 7.42. The molecule has 2 N–H and O–H groups in total. The molecule has 122 valence electrons. The van der Waals surface area contributed by atoms with Crippen LogP contribution in [0.25, 0.3) is 0 Å². The number of thioether (sulfide) groups is 2. The predicted molar refractivity (Wildman–Crippen MR) is 92.7 cm³/mol. The fourth-order valence-corrected chi connectivity index (χ4v) is 3.50. The Morgan fingerprint density at radius 2 is 1.09 bits per heavy atom. The normalized spacial score (nSPS) is 12.2. The average Bonchev–Trinajstić information content (AvgIpc) is 2.43. The van der Waals surface area contributed by atoms with E-state index < -0.39 is 11.9 Å². The van der Waals surface area contributed by atoms with Gasteiger partial charge in [-0.2, -0.15) is 0 Å². The number of rotatable bonds is 8. The number of hydrogen-bond acceptors (Lipinski definition) is 4. The third-order valence-corrected chi connectivity index (χ3v) is 6.09. The highest BCUT2D eigenvalue weighted by Crippen LogP contribution is 2.39. The highest BCUT2D eigenvalue weighted by atomic mass is 32.2. The van der Waals surface area contributed by atoms with Gasteiger partial charge in [-0.05, 0) is 38.8 Å². The maximum absolute atomic E-state index is 10.7. The van der Waals surface area contributed by atoms with Crippen molar-refractivity contribution in [2.75, 3.05) is 11.5 Å². The highest BCUT2D eigenvalue weighted by Gasteiger charge is 2.25. The van der Waals surface area contributed by atoms with E-state index in [2.05, 4.69) is 0 Å². The predicted octanol–water partition coefficient (Wildman–Crippen LogP) is 3.79. The Morgan fingerprint density at radius 3 is 1.32 bits per heavy atom. The summed E-state index contributed by atoms with van der Waals surface area (Å²) in [6.07, 6.45) is 0. The molecule has 0 aliphatic carbocycles. The highest BCUT2D eigenvalue weighted by molar-refractivity contribution is 8.01. The van der Waals surface area contributed by atoms with Gasteiger partial charge in [0.25, 0.3) is 0 Å². The van der Waals surface area contributed by atoms with Crippen LogP contribution in [0, 0.1) is 0 Å². The molecule has 0 bridgehead atoms. The van der Waals surface area contributed by atoms with Crippen LogP contribution in [0.2, 0.25) is 0 Å². The topological polar surface area (TPSA) is 74.6 Å². The number of aliphatic carboxylic acids is 2. The van der Waals surface area contributed by atoms with E-state index in [1.165, 1.54) is 23.5 Å². The summed E-state index contributed by atoms with van der Waals surface area (Å²) in [6, 6.07) is 7.97. The zero-order valence-electron chi connectivity index (χ0n) is 13.3. The largest absolute Gasteiger partial charge is 0.481 e. The van der Waals surface area contributed by atoms with E-state index in [9.17, 15) is 9.59 Å².